The molecular weight excluding hydrogens is 362 g/mol. The van der Waals surface area contributed by atoms with Crippen LogP contribution in [0.15, 0.2) is 45.6 Å². The second-order valence-electron chi connectivity index (χ2n) is 6.84. The van der Waals surface area contributed by atoms with Crippen LogP contribution in [0.25, 0.3) is 11.0 Å². The molecule has 0 aliphatic heterocycles. The fourth-order valence-corrected chi connectivity index (χ4v) is 3.16. The number of carbonyl (C=O) groups excluding carboxylic acids is 1. The molecule has 7 heteroatoms. The quantitative estimate of drug-likeness (QED) is 0.269. The molecular formula is C21H19NO6. The van der Waals surface area contributed by atoms with E-state index < -0.39 is 10.5 Å². The molecule has 144 valence electrons. The molecule has 2 aromatic carbocycles. The lowest BCUT2D eigenvalue weighted by molar-refractivity contribution is -0.386. The molecule has 0 unspecified atom stereocenters. The number of fused-ring (bicyclic) bond motifs is 1. The third kappa shape index (κ3) is 3.78. The fourth-order valence-electron chi connectivity index (χ4n) is 3.16. The summed E-state index contributed by atoms with van der Waals surface area (Å²) < 4.78 is 10.9. The predicted molar refractivity (Wildman–Crippen MR) is 104 cm³/mol. The van der Waals surface area contributed by atoms with Crippen LogP contribution < -0.4 is 10.4 Å². The van der Waals surface area contributed by atoms with Crippen molar-refractivity contribution >= 4 is 22.9 Å². The molecule has 0 radical (unpaired) electrons. The molecule has 7 nitrogen and oxygen atoms in total. The molecule has 0 N–H and O–H groups in total. The molecule has 0 saturated carbocycles. The number of aryl methyl sites for hydroxylation is 1. The van der Waals surface area contributed by atoms with Gasteiger partial charge in [0.15, 0.2) is 5.75 Å². The first-order valence-corrected chi connectivity index (χ1v) is 8.74. The zero-order chi connectivity index (χ0) is 20.4. The Morgan fingerprint density at radius 1 is 1.21 bits per heavy atom. The summed E-state index contributed by atoms with van der Waals surface area (Å²) in [5.41, 5.74) is 2.50. The van der Waals surface area contributed by atoms with Crippen molar-refractivity contribution in [1.29, 1.82) is 0 Å². The van der Waals surface area contributed by atoms with E-state index in [1.54, 1.807) is 0 Å². The monoisotopic (exact) mass is 381 g/mol. The number of benzene rings is 2. The highest BCUT2D eigenvalue weighted by atomic mass is 16.6. The van der Waals surface area contributed by atoms with Crippen molar-refractivity contribution in [2.75, 3.05) is 0 Å². The summed E-state index contributed by atoms with van der Waals surface area (Å²) in [5, 5.41) is 12.0. The number of carbonyl (C=O) groups is 1. The Balaban J connectivity index is 2.03. The van der Waals surface area contributed by atoms with Gasteiger partial charge >= 0.3 is 11.3 Å². The number of hydrogen-bond donors (Lipinski definition) is 0. The summed E-state index contributed by atoms with van der Waals surface area (Å²) in [5.74, 6) is 0.301. The molecule has 0 bridgehead atoms. The van der Waals surface area contributed by atoms with Gasteiger partial charge in [-0.2, -0.15) is 0 Å². The van der Waals surface area contributed by atoms with Crippen LogP contribution in [-0.2, 0) is 6.61 Å². The van der Waals surface area contributed by atoms with Crippen LogP contribution in [0, 0.1) is 17.0 Å². The van der Waals surface area contributed by atoms with Crippen LogP contribution >= 0.6 is 0 Å². The summed E-state index contributed by atoms with van der Waals surface area (Å²) >= 11 is 0. The first-order chi connectivity index (χ1) is 13.3. The third-order valence-electron chi connectivity index (χ3n) is 4.54. The maximum Gasteiger partial charge on any atom is 0.336 e. The van der Waals surface area contributed by atoms with Crippen molar-refractivity contribution < 1.29 is 18.9 Å². The van der Waals surface area contributed by atoms with Crippen molar-refractivity contribution in [2.24, 2.45) is 0 Å². The Kier molecular flexibility index (Phi) is 5.26. The van der Waals surface area contributed by atoms with Gasteiger partial charge in [-0.15, -0.1) is 0 Å². The summed E-state index contributed by atoms with van der Waals surface area (Å²) in [6, 6.07) is 9.07. The average Bonchev–Trinajstić information content (AvgIpc) is 2.64. The van der Waals surface area contributed by atoms with Crippen molar-refractivity contribution in [1.82, 2.24) is 0 Å². The van der Waals surface area contributed by atoms with E-state index in [4.69, 9.17) is 9.15 Å². The van der Waals surface area contributed by atoms with Gasteiger partial charge in [0.05, 0.1) is 4.92 Å². The Labute approximate surface area is 160 Å². The molecule has 0 fully saturated rings. The zero-order valence-electron chi connectivity index (χ0n) is 15.7. The standard InChI is InChI=1S/C21H19NO6/c1-12(2)16-9-17-15(8-21(24)28-20(17)6-13(16)3)11-27-19-5-4-14(10-23)7-18(19)22(25)26/h4-10,12H,11H2,1-3H3. The van der Waals surface area contributed by atoms with E-state index in [2.05, 4.69) is 13.8 Å². The maximum atomic E-state index is 11.9. The fraction of sp³-hybridized carbons (Fsp3) is 0.238. The Morgan fingerprint density at radius 3 is 2.61 bits per heavy atom. The second-order valence-corrected chi connectivity index (χ2v) is 6.84. The lowest BCUT2D eigenvalue weighted by atomic mass is 9.95. The molecule has 28 heavy (non-hydrogen) atoms. The number of hydrogen-bond acceptors (Lipinski definition) is 6. The van der Waals surface area contributed by atoms with Gasteiger partial charge in [-0.3, -0.25) is 14.9 Å². The molecule has 0 amide bonds. The van der Waals surface area contributed by atoms with Crippen molar-refractivity contribution in [2.45, 2.75) is 33.3 Å². The topological polar surface area (TPSA) is 99.7 Å². The van der Waals surface area contributed by atoms with E-state index in [1.807, 2.05) is 19.1 Å². The summed E-state index contributed by atoms with van der Waals surface area (Å²) in [7, 11) is 0. The highest BCUT2D eigenvalue weighted by Gasteiger charge is 2.17. The van der Waals surface area contributed by atoms with E-state index in [1.165, 1.54) is 18.2 Å². The van der Waals surface area contributed by atoms with E-state index in [0.29, 0.717) is 17.4 Å². The smallest absolute Gasteiger partial charge is 0.336 e. The number of nitrogens with zero attached hydrogens (tertiary/aromatic N) is 1. The summed E-state index contributed by atoms with van der Waals surface area (Å²) in [4.78, 5) is 33.5. The molecule has 0 aliphatic carbocycles. The molecule has 0 atom stereocenters. The first-order valence-electron chi connectivity index (χ1n) is 8.74. The van der Waals surface area contributed by atoms with Gasteiger partial charge < -0.3 is 9.15 Å². The van der Waals surface area contributed by atoms with Gasteiger partial charge in [-0.1, -0.05) is 13.8 Å². The molecule has 1 aromatic heterocycles. The molecule has 3 rings (SSSR count). The van der Waals surface area contributed by atoms with Gasteiger partial charge in [0.25, 0.3) is 0 Å². The number of nitro benzene ring substituents is 1. The predicted octanol–water partition coefficient (Wildman–Crippen LogP) is 4.52. The van der Waals surface area contributed by atoms with Crippen molar-refractivity contribution in [3.05, 3.63) is 79.2 Å². The lowest BCUT2D eigenvalue weighted by Gasteiger charge is -2.13. The molecule has 1 heterocycles. The largest absolute Gasteiger partial charge is 0.482 e. The minimum absolute atomic E-state index is 0.0215. The van der Waals surface area contributed by atoms with Gasteiger partial charge in [0.2, 0.25) is 0 Å². The molecule has 0 spiro atoms. The van der Waals surface area contributed by atoms with Crippen LogP contribution in [0.2, 0.25) is 0 Å². The van der Waals surface area contributed by atoms with Crippen LogP contribution in [0.1, 0.15) is 46.8 Å². The lowest BCUT2D eigenvalue weighted by Crippen LogP contribution is -2.06. The Morgan fingerprint density at radius 2 is 1.96 bits per heavy atom. The number of rotatable bonds is 6. The van der Waals surface area contributed by atoms with Crippen LogP contribution in [0.3, 0.4) is 0 Å². The highest BCUT2D eigenvalue weighted by Crippen LogP contribution is 2.30. The zero-order valence-corrected chi connectivity index (χ0v) is 15.7. The van der Waals surface area contributed by atoms with Gasteiger partial charge in [0.1, 0.15) is 18.5 Å². The SMILES string of the molecule is Cc1cc2oc(=O)cc(COc3ccc(C=O)cc3[N+](=O)[O-])c2cc1C(C)C. The summed E-state index contributed by atoms with van der Waals surface area (Å²) in [6.07, 6.45) is 0.530. The average molecular weight is 381 g/mol. The van der Waals surface area contributed by atoms with Crippen LogP contribution in [-0.4, -0.2) is 11.2 Å². The van der Waals surface area contributed by atoms with E-state index >= 15 is 0 Å². The highest BCUT2D eigenvalue weighted by molar-refractivity contribution is 5.82. The maximum absolute atomic E-state index is 11.9. The Hall–Kier alpha value is -3.48. The third-order valence-corrected chi connectivity index (χ3v) is 4.54. The van der Waals surface area contributed by atoms with E-state index in [0.717, 1.165) is 22.6 Å². The summed E-state index contributed by atoms with van der Waals surface area (Å²) in [6.45, 7) is 6.04. The van der Waals surface area contributed by atoms with E-state index in [-0.39, 0.29) is 29.5 Å². The van der Waals surface area contributed by atoms with Gasteiger partial charge in [-0.05, 0) is 48.2 Å². The minimum atomic E-state index is -0.611. The van der Waals surface area contributed by atoms with Gasteiger partial charge in [-0.25, -0.2) is 4.79 Å². The van der Waals surface area contributed by atoms with Crippen molar-refractivity contribution in [3.63, 3.8) is 0 Å². The second kappa shape index (κ2) is 7.64. The van der Waals surface area contributed by atoms with Crippen LogP contribution in [0.4, 0.5) is 5.69 Å². The normalized spacial score (nSPS) is 11.0. The van der Waals surface area contributed by atoms with Gasteiger partial charge in [0, 0.05) is 28.6 Å². The minimum Gasteiger partial charge on any atom is -0.482 e. The van der Waals surface area contributed by atoms with Crippen molar-refractivity contribution in [3.8, 4) is 5.75 Å². The number of nitro groups is 1. The number of ether oxygens (including phenoxy) is 1. The van der Waals surface area contributed by atoms with E-state index in [9.17, 15) is 19.7 Å². The first kappa shape index (κ1) is 19.3. The van der Waals surface area contributed by atoms with Crippen LogP contribution in [0.5, 0.6) is 5.75 Å². The number of aldehydes is 1. The molecule has 0 aliphatic rings. The Bertz CT molecular complexity index is 1130. The molecule has 3 aromatic rings. The molecule has 0 saturated heterocycles.